The lowest BCUT2D eigenvalue weighted by Gasteiger charge is -2.14. The molecule has 3 rings (SSSR count). The van der Waals surface area contributed by atoms with Gasteiger partial charge in [-0.25, -0.2) is 0 Å². The molecule has 1 aromatic heterocycles. The highest BCUT2D eigenvalue weighted by molar-refractivity contribution is 5.93. The van der Waals surface area contributed by atoms with Crippen molar-refractivity contribution < 1.29 is 14.7 Å². The van der Waals surface area contributed by atoms with Crippen molar-refractivity contribution >= 4 is 11.9 Å². The Hall–Kier alpha value is -1.78. The van der Waals surface area contributed by atoms with Gasteiger partial charge in [-0.05, 0) is 44.2 Å². The second kappa shape index (κ2) is 4.72. The Morgan fingerprint density at radius 2 is 2.05 bits per heavy atom. The van der Waals surface area contributed by atoms with Crippen LogP contribution in [0.25, 0.3) is 0 Å². The third-order valence-electron chi connectivity index (χ3n) is 4.07. The first-order valence-corrected chi connectivity index (χ1v) is 6.85. The highest BCUT2D eigenvalue weighted by atomic mass is 16.4. The van der Waals surface area contributed by atoms with Crippen molar-refractivity contribution in [2.45, 2.75) is 44.2 Å². The molecule has 2 N–H and O–H groups in total. The van der Waals surface area contributed by atoms with Crippen LogP contribution in [0.15, 0.2) is 18.3 Å². The van der Waals surface area contributed by atoms with Crippen molar-refractivity contribution in [1.29, 1.82) is 0 Å². The van der Waals surface area contributed by atoms with E-state index in [1.165, 1.54) is 0 Å². The minimum atomic E-state index is -0.752. The van der Waals surface area contributed by atoms with Crippen molar-refractivity contribution in [3.8, 4) is 0 Å². The number of carbonyl (C=O) groups is 2. The van der Waals surface area contributed by atoms with Gasteiger partial charge in [0.1, 0.15) is 5.69 Å². The van der Waals surface area contributed by atoms with E-state index in [9.17, 15) is 9.59 Å². The summed E-state index contributed by atoms with van der Waals surface area (Å²) in [6, 6.07) is 4.20. The summed E-state index contributed by atoms with van der Waals surface area (Å²) in [4.78, 5) is 23.1. The highest BCUT2D eigenvalue weighted by Gasteiger charge is 2.32. The predicted molar refractivity (Wildman–Crippen MR) is 68.9 cm³/mol. The van der Waals surface area contributed by atoms with Gasteiger partial charge in [-0.1, -0.05) is 0 Å². The molecule has 1 amide bonds. The molecule has 1 aromatic rings. The summed E-state index contributed by atoms with van der Waals surface area (Å²) in [5, 5.41) is 11.9. The van der Waals surface area contributed by atoms with Crippen LogP contribution < -0.4 is 5.32 Å². The first-order chi connectivity index (χ1) is 9.15. The van der Waals surface area contributed by atoms with E-state index >= 15 is 0 Å². The van der Waals surface area contributed by atoms with Crippen molar-refractivity contribution in [2.75, 3.05) is 0 Å². The first-order valence-electron chi connectivity index (χ1n) is 6.85. The number of carbonyl (C=O) groups excluding carboxylic acids is 1. The van der Waals surface area contributed by atoms with Crippen LogP contribution in [0.4, 0.5) is 0 Å². The van der Waals surface area contributed by atoms with E-state index in [0.717, 1.165) is 19.3 Å². The zero-order chi connectivity index (χ0) is 13.4. The van der Waals surface area contributed by atoms with E-state index in [1.807, 2.05) is 22.9 Å². The third kappa shape index (κ3) is 2.50. The second-order valence-corrected chi connectivity index (χ2v) is 5.55. The number of nitrogens with zero attached hydrogens (tertiary/aromatic N) is 1. The maximum Gasteiger partial charge on any atom is 0.306 e. The van der Waals surface area contributed by atoms with Crippen molar-refractivity contribution in [2.24, 2.45) is 5.92 Å². The predicted octanol–water partition coefficient (Wildman–Crippen LogP) is 1.81. The highest BCUT2D eigenvalue weighted by Crippen LogP contribution is 2.36. The Labute approximate surface area is 111 Å². The van der Waals surface area contributed by atoms with E-state index in [-0.39, 0.29) is 17.9 Å². The van der Waals surface area contributed by atoms with E-state index in [4.69, 9.17) is 5.11 Å². The zero-order valence-corrected chi connectivity index (χ0v) is 10.7. The maximum atomic E-state index is 12.2. The minimum absolute atomic E-state index is 0.00356. The normalized spacial score (nSPS) is 26.3. The Kier molecular flexibility index (Phi) is 3.05. The fraction of sp³-hybridized carbons (Fsp3) is 0.571. The summed E-state index contributed by atoms with van der Waals surface area (Å²) in [5.74, 6) is -1.13. The van der Waals surface area contributed by atoms with Gasteiger partial charge in [0.15, 0.2) is 0 Å². The zero-order valence-electron chi connectivity index (χ0n) is 10.7. The van der Waals surface area contributed by atoms with E-state index in [2.05, 4.69) is 5.32 Å². The lowest BCUT2D eigenvalue weighted by Crippen LogP contribution is -2.34. The van der Waals surface area contributed by atoms with Crippen LogP contribution in [0.1, 0.15) is 48.6 Å². The number of aromatic nitrogens is 1. The van der Waals surface area contributed by atoms with Crippen molar-refractivity contribution in [3.05, 3.63) is 24.0 Å². The molecular formula is C14H18N2O3. The molecule has 0 saturated heterocycles. The topological polar surface area (TPSA) is 71.3 Å². The summed E-state index contributed by atoms with van der Waals surface area (Å²) >= 11 is 0. The number of carboxylic acids is 1. The Morgan fingerprint density at radius 1 is 1.26 bits per heavy atom. The molecule has 2 fully saturated rings. The molecule has 2 aliphatic rings. The average Bonchev–Trinajstić information content (AvgIpc) is 2.92. The number of carboxylic acid groups (broad SMARTS) is 1. The molecule has 0 aromatic carbocycles. The quantitative estimate of drug-likeness (QED) is 0.869. The molecule has 102 valence electrons. The Bertz CT molecular complexity index is 505. The van der Waals surface area contributed by atoms with Crippen LogP contribution in [-0.4, -0.2) is 27.6 Å². The molecule has 2 saturated carbocycles. The maximum absolute atomic E-state index is 12.2. The molecule has 0 radical (unpaired) electrons. The largest absolute Gasteiger partial charge is 0.481 e. The van der Waals surface area contributed by atoms with Gasteiger partial charge in [-0.3, -0.25) is 9.59 Å². The summed E-state index contributed by atoms with van der Waals surface area (Å²) in [7, 11) is 0. The van der Waals surface area contributed by atoms with Gasteiger partial charge in [0.05, 0.1) is 5.92 Å². The fourth-order valence-electron chi connectivity index (χ4n) is 2.85. The van der Waals surface area contributed by atoms with Gasteiger partial charge in [-0.15, -0.1) is 0 Å². The molecule has 19 heavy (non-hydrogen) atoms. The van der Waals surface area contributed by atoms with Crippen LogP contribution in [0.3, 0.4) is 0 Å². The summed E-state index contributed by atoms with van der Waals surface area (Å²) in [6.07, 6.45) is 6.18. The molecule has 2 atom stereocenters. The minimum Gasteiger partial charge on any atom is -0.481 e. The fourth-order valence-corrected chi connectivity index (χ4v) is 2.85. The van der Waals surface area contributed by atoms with Gasteiger partial charge in [0, 0.05) is 18.3 Å². The number of amides is 1. The van der Waals surface area contributed by atoms with Gasteiger partial charge in [0.2, 0.25) is 0 Å². The number of aliphatic carboxylic acids is 1. The molecule has 5 heteroatoms. The van der Waals surface area contributed by atoms with Crippen LogP contribution in [0, 0.1) is 5.92 Å². The van der Waals surface area contributed by atoms with Crippen LogP contribution in [-0.2, 0) is 4.79 Å². The monoisotopic (exact) mass is 262 g/mol. The van der Waals surface area contributed by atoms with E-state index in [0.29, 0.717) is 24.6 Å². The lowest BCUT2D eigenvalue weighted by molar-refractivity contribution is -0.141. The van der Waals surface area contributed by atoms with Crippen LogP contribution in [0.2, 0.25) is 0 Å². The Morgan fingerprint density at radius 3 is 2.68 bits per heavy atom. The van der Waals surface area contributed by atoms with E-state index < -0.39 is 5.97 Å². The number of rotatable bonds is 4. The first kappa shape index (κ1) is 12.3. The van der Waals surface area contributed by atoms with E-state index in [1.54, 1.807) is 0 Å². The number of hydrogen-bond acceptors (Lipinski definition) is 2. The lowest BCUT2D eigenvalue weighted by atomic mass is 10.1. The van der Waals surface area contributed by atoms with Gasteiger partial charge in [0.25, 0.3) is 5.91 Å². The van der Waals surface area contributed by atoms with Crippen molar-refractivity contribution in [3.63, 3.8) is 0 Å². The molecular weight excluding hydrogens is 244 g/mol. The van der Waals surface area contributed by atoms with Crippen molar-refractivity contribution in [1.82, 2.24) is 9.88 Å². The standard InChI is InChI=1S/C14H18N2O3/c17-13(12-2-1-7-16(12)11-5-6-11)15-10-4-3-9(8-10)14(18)19/h1-2,7,9-11H,3-6,8H2,(H,15,17)(H,18,19)/t9-,10+/m1/s1. The molecule has 1 heterocycles. The van der Waals surface area contributed by atoms with Gasteiger partial charge in [-0.2, -0.15) is 0 Å². The molecule has 0 unspecified atom stereocenters. The van der Waals surface area contributed by atoms with Crippen LogP contribution >= 0.6 is 0 Å². The molecule has 0 spiro atoms. The van der Waals surface area contributed by atoms with Gasteiger partial charge >= 0.3 is 5.97 Å². The average molecular weight is 262 g/mol. The third-order valence-corrected chi connectivity index (χ3v) is 4.07. The molecule has 0 bridgehead atoms. The summed E-state index contributed by atoms with van der Waals surface area (Å²) < 4.78 is 2.03. The molecule has 2 aliphatic carbocycles. The Balaban J connectivity index is 1.62. The molecule has 0 aliphatic heterocycles. The van der Waals surface area contributed by atoms with Crippen LogP contribution in [0.5, 0.6) is 0 Å². The number of nitrogens with one attached hydrogen (secondary N) is 1. The summed E-state index contributed by atoms with van der Waals surface area (Å²) in [6.45, 7) is 0. The summed E-state index contributed by atoms with van der Waals surface area (Å²) in [5.41, 5.74) is 0.696. The smallest absolute Gasteiger partial charge is 0.306 e. The number of hydrogen-bond donors (Lipinski definition) is 2. The SMILES string of the molecule is O=C(N[C@H]1CC[C@@H](C(=O)O)C1)c1cccn1C1CC1. The molecule has 5 nitrogen and oxygen atoms in total. The second-order valence-electron chi connectivity index (χ2n) is 5.55. The van der Waals surface area contributed by atoms with Gasteiger partial charge < -0.3 is 15.0 Å².